The van der Waals surface area contributed by atoms with Gasteiger partial charge in [0.2, 0.25) is 0 Å². The fourth-order valence-electron chi connectivity index (χ4n) is 1.14. The topological polar surface area (TPSA) is 53.1 Å². The van der Waals surface area contributed by atoms with E-state index in [2.05, 4.69) is 11.9 Å². The van der Waals surface area contributed by atoms with E-state index in [1.165, 1.54) is 19.4 Å². The minimum atomic E-state index is 0.299. The molecule has 0 aromatic heterocycles. The smallest absolute Gasteiger partial charge is 0.0918 e. The van der Waals surface area contributed by atoms with Crippen LogP contribution in [0.15, 0.2) is 0 Å². The molecule has 1 saturated carbocycles. The molecule has 0 radical (unpaired) electrons. The summed E-state index contributed by atoms with van der Waals surface area (Å²) < 4.78 is 0. The number of amidine groups is 1. The van der Waals surface area contributed by atoms with E-state index in [1.807, 2.05) is 0 Å². The summed E-state index contributed by atoms with van der Waals surface area (Å²) in [6.45, 7) is 2.12. The second-order valence-corrected chi connectivity index (χ2v) is 3.48. The van der Waals surface area contributed by atoms with Crippen LogP contribution >= 0.6 is 0 Å². The van der Waals surface area contributed by atoms with Crippen molar-refractivity contribution in [3.63, 3.8) is 0 Å². The molecule has 0 aromatic rings. The first-order valence-electron chi connectivity index (χ1n) is 4.20. The molecule has 0 atom stereocenters. The third-order valence-electron chi connectivity index (χ3n) is 2.03. The van der Waals surface area contributed by atoms with Gasteiger partial charge >= 0.3 is 0 Å². The van der Waals surface area contributed by atoms with Crippen molar-refractivity contribution in [1.29, 1.82) is 5.41 Å². The minimum absolute atomic E-state index is 0.299. The number of hydrogen-bond donors (Lipinski definition) is 2. The Labute approximate surface area is 68.1 Å². The van der Waals surface area contributed by atoms with Gasteiger partial charge in [-0.05, 0) is 25.8 Å². The quantitative estimate of drug-likeness (QED) is 0.452. The van der Waals surface area contributed by atoms with Gasteiger partial charge in [0.05, 0.1) is 5.84 Å². The van der Waals surface area contributed by atoms with Gasteiger partial charge in [0.25, 0.3) is 0 Å². The highest BCUT2D eigenvalue weighted by Crippen LogP contribution is 2.29. The van der Waals surface area contributed by atoms with Crippen molar-refractivity contribution in [3.05, 3.63) is 0 Å². The summed E-state index contributed by atoms with van der Waals surface area (Å²) in [5.74, 6) is 1.24. The average molecular weight is 155 g/mol. The number of hydrogen-bond acceptors (Lipinski definition) is 2. The van der Waals surface area contributed by atoms with Crippen LogP contribution < -0.4 is 5.73 Å². The minimum Gasteiger partial charge on any atom is -0.388 e. The van der Waals surface area contributed by atoms with Gasteiger partial charge in [-0.2, -0.15) is 0 Å². The molecule has 11 heavy (non-hydrogen) atoms. The maximum absolute atomic E-state index is 7.04. The lowest BCUT2D eigenvalue weighted by atomic mass is 10.3. The molecule has 0 spiro atoms. The molecular formula is C8H17N3. The number of rotatable bonds is 5. The van der Waals surface area contributed by atoms with Crippen LogP contribution in [0.4, 0.5) is 0 Å². The SMILES string of the molecule is CN(CCC(=N)N)CC1CC1. The Balaban J connectivity index is 1.99. The van der Waals surface area contributed by atoms with Crippen molar-refractivity contribution in [3.8, 4) is 0 Å². The Hall–Kier alpha value is -0.570. The first-order chi connectivity index (χ1) is 5.18. The molecule has 0 saturated heterocycles. The van der Waals surface area contributed by atoms with Gasteiger partial charge < -0.3 is 10.6 Å². The van der Waals surface area contributed by atoms with Crippen molar-refractivity contribution in [2.75, 3.05) is 20.1 Å². The Morgan fingerprint density at radius 2 is 2.27 bits per heavy atom. The molecule has 0 aliphatic heterocycles. The summed E-state index contributed by atoms with van der Waals surface area (Å²) in [5, 5.41) is 7.04. The summed E-state index contributed by atoms with van der Waals surface area (Å²) in [5.41, 5.74) is 5.24. The van der Waals surface area contributed by atoms with Crippen LogP contribution in [-0.4, -0.2) is 30.9 Å². The normalized spacial score (nSPS) is 17.3. The van der Waals surface area contributed by atoms with E-state index in [9.17, 15) is 0 Å². The number of nitrogens with two attached hydrogens (primary N) is 1. The van der Waals surface area contributed by atoms with E-state index in [1.54, 1.807) is 0 Å². The van der Waals surface area contributed by atoms with Gasteiger partial charge in [-0.3, -0.25) is 5.41 Å². The molecular weight excluding hydrogens is 138 g/mol. The predicted molar refractivity (Wildman–Crippen MR) is 46.8 cm³/mol. The van der Waals surface area contributed by atoms with Gasteiger partial charge in [-0.15, -0.1) is 0 Å². The molecule has 0 amide bonds. The van der Waals surface area contributed by atoms with Gasteiger partial charge in [-0.1, -0.05) is 0 Å². The first-order valence-corrected chi connectivity index (χ1v) is 4.20. The average Bonchev–Trinajstić information content (AvgIpc) is 2.67. The van der Waals surface area contributed by atoms with Crippen LogP contribution in [0.3, 0.4) is 0 Å². The Kier molecular flexibility index (Phi) is 2.88. The summed E-state index contributed by atoms with van der Waals surface area (Å²) in [6.07, 6.45) is 3.50. The van der Waals surface area contributed by atoms with E-state index < -0.39 is 0 Å². The molecule has 3 nitrogen and oxygen atoms in total. The van der Waals surface area contributed by atoms with Gasteiger partial charge in [0.1, 0.15) is 0 Å². The Morgan fingerprint density at radius 3 is 2.73 bits per heavy atom. The first kappa shape index (κ1) is 8.53. The molecule has 3 heteroatoms. The van der Waals surface area contributed by atoms with Gasteiger partial charge in [-0.25, -0.2) is 0 Å². The fraction of sp³-hybridized carbons (Fsp3) is 0.875. The second-order valence-electron chi connectivity index (χ2n) is 3.48. The Bertz CT molecular complexity index is 140. The molecule has 0 bridgehead atoms. The summed E-state index contributed by atoms with van der Waals surface area (Å²) in [7, 11) is 2.10. The van der Waals surface area contributed by atoms with E-state index in [4.69, 9.17) is 11.1 Å². The lowest BCUT2D eigenvalue weighted by molar-refractivity contribution is 0.329. The van der Waals surface area contributed by atoms with Gasteiger partial charge in [0.15, 0.2) is 0 Å². The highest BCUT2D eigenvalue weighted by molar-refractivity contribution is 5.76. The lowest BCUT2D eigenvalue weighted by Gasteiger charge is -2.14. The van der Waals surface area contributed by atoms with Crippen molar-refractivity contribution >= 4 is 5.84 Å². The number of nitrogens with one attached hydrogen (secondary N) is 1. The van der Waals surface area contributed by atoms with Crippen LogP contribution in [0.1, 0.15) is 19.3 Å². The van der Waals surface area contributed by atoms with Crippen LogP contribution in [0.25, 0.3) is 0 Å². The van der Waals surface area contributed by atoms with Crippen LogP contribution in [0, 0.1) is 11.3 Å². The van der Waals surface area contributed by atoms with Crippen molar-refractivity contribution in [1.82, 2.24) is 4.90 Å². The van der Waals surface area contributed by atoms with Crippen molar-refractivity contribution < 1.29 is 0 Å². The summed E-state index contributed by atoms with van der Waals surface area (Å²) >= 11 is 0. The third kappa shape index (κ3) is 3.98. The van der Waals surface area contributed by atoms with Crippen LogP contribution in [0.5, 0.6) is 0 Å². The molecule has 0 unspecified atom stereocenters. The molecule has 1 rings (SSSR count). The monoisotopic (exact) mass is 155 g/mol. The molecule has 0 aromatic carbocycles. The van der Waals surface area contributed by atoms with Gasteiger partial charge in [0, 0.05) is 19.5 Å². The largest absolute Gasteiger partial charge is 0.388 e. The summed E-state index contributed by atoms with van der Waals surface area (Å²) in [4.78, 5) is 2.26. The molecule has 64 valence electrons. The molecule has 1 aliphatic rings. The van der Waals surface area contributed by atoms with Crippen molar-refractivity contribution in [2.24, 2.45) is 11.7 Å². The second kappa shape index (κ2) is 3.72. The zero-order chi connectivity index (χ0) is 8.27. The maximum Gasteiger partial charge on any atom is 0.0918 e. The Morgan fingerprint density at radius 1 is 1.64 bits per heavy atom. The van der Waals surface area contributed by atoms with E-state index in [-0.39, 0.29) is 0 Å². The molecule has 0 heterocycles. The predicted octanol–water partition coefficient (Wildman–Crippen LogP) is 0.654. The highest BCUT2D eigenvalue weighted by atomic mass is 15.1. The van der Waals surface area contributed by atoms with Crippen LogP contribution in [0.2, 0.25) is 0 Å². The van der Waals surface area contributed by atoms with Crippen molar-refractivity contribution in [2.45, 2.75) is 19.3 Å². The molecule has 1 fully saturated rings. The number of nitrogens with zero attached hydrogens (tertiary/aromatic N) is 1. The zero-order valence-corrected chi connectivity index (χ0v) is 7.14. The zero-order valence-electron chi connectivity index (χ0n) is 7.14. The summed E-state index contributed by atoms with van der Waals surface area (Å²) in [6, 6.07) is 0. The fourth-order valence-corrected chi connectivity index (χ4v) is 1.14. The third-order valence-corrected chi connectivity index (χ3v) is 2.03. The maximum atomic E-state index is 7.04. The lowest BCUT2D eigenvalue weighted by Crippen LogP contribution is -2.25. The van der Waals surface area contributed by atoms with Crippen LogP contribution in [-0.2, 0) is 0 Å². The van der Waals surface area contributed by atoms with E-state index >= 15 is 0 Å². The molecule has 1 aliphatic carbocycles. The standard InChI is InChI=1S/C8H17N3/c1-11(5-4-8(9)10)6-7-2-3-7/h7H,2-6H2,1H3,(H3,9,10). The van der Waals surface area contributed by atoms with E-state index in [0.29, 0.717) is 12.3 Å². The molecule has 3 N–H and O–H groups in total. The highest BCUT2D eigenvalue weighted by Gasteiger charge is 2.22. The van der Waals surface area contributed by atoms with E-state index in [0.717, 1.165) is 12.5 Å².